The van der Waals surface area contributed by atoms with Gasteiger partial charge in [-0.25, -0.2) is 5.06 Å². The highest BCUT2D eigenvalue weighted by molar-refractivity contribution is 9.09. The van der Waals surface area contributed by atoms with Crippen molar-refractivity contribution in [2.75, 3.05) is 18.4 Å². The van der Waals surface area contributed by atoms with Gasteiger partial charge in [0.2, 0.25) is 5.91 Å². The fourth-order valence-corrected chi connectivity index (χ4v) is 2.17. The molecule has 0 radical (unpaired) electrons. The number of rotatable bonds is 7. The van der Waals surface area contributed by atoms with Gasteiger partial charge in [0, 0.05) is 22.7 Å². The summed E-state index contributed by atoms with van der Waals surface area (Å²) < 4.78 is 0. The number of benzene rings is 1. The SMILES string of the molecule is O=C(CBr)NCCCN(O)C(=O)/C=C/c1ccc(Cl)cc1Cl. The molecule has 120 valence electrons. The number of nitrogens with zero attached hydrogens (tertiary/aromatic N) is 1. The Morgan fingerprint density at radius 3 is 2.73 bits per heavy atom. The first-order chi connectivity index (χ1) is 10.4. The van der Waals surface area contributed by atoms with E-state index in [4.69, 9.17) is 23.2 Å². The zero-order valence-electron chi connectivity index (χ0n) is 11.6. The van der Waals surface area contributed by atoms with Gasteiger partial charge >= 0.3 is 0 Å². The zero-order valence-corrected chi connectivity index (χ0v) is 14.7. The van der Waals surface area contributed by atoms with Gasteiger partial charge in [-0.15, -0.1) is 0 Å². The van der Waals surface area contributed by atoms with E-state index in [0.29, 0.717) is 33.6 Å². The normalized spacial score (nSPS) is 10.7. The minimum Gasteiger partial charge on any atom is -0.355 e. The van der Waals surface area contributed by atoms with Crippen molar-refractivity contribution in [2.45, 2.75) is 6.42 Å². The minimum absolute atomic E-state index is 0.111. The molecule has 0 fully saturated rings. The summed E-state index contributed by atoms with van der Waals surface area (Å²) in [6.07, 6.45) is 3.15. The molecule has 0 spiro atoms. The van der Waals surface area contributed by atoms with Crippen LogP contribution in [0, 0.1) is 0 Å². The molecule has 0 aliphatic carbocycles. The first-order valence-electron chi connectivity index (χ1n) is 6.40. The summed E-state index contributed by atoms with van der Waals surface area (Å²) in [5.41, 5.74) is 0.623. The summed E-state index contributed by atoms with van der Waals surface area (Å²) in [6.45, 7) is 0.488. The predicted molar refractivity (Wildman–Crippen MR) is 90.4 cm³/mol. The van der Waals surface area contributed by atoms with E-state index in [2.05, 4.69) is 21.2 Å². The van der Waals surface area contributed by atoms with Gasteiger partial charge in [0.05, 0.1) is 11.9 Å². The number of carbonyl (C=O) groups excluding carboxylic acids is 2. The number of hydrogen-bond acceptors (Lipinski definition) is 3. The third-order valence-corrected chi connectivity index (χ3v) is 3.68. The summed E-state index contributed by atoms with van der Waals surface area (Å²) in [4.78, 5) is 22.7. The average molecular weight is 410 g/mol. The maximum atomic E-state index is 11.7. The first kappa shape index (κ1) is 19.0. The molecular weight excluding hydrogens is 395 g/mol. The molecule has 0 heterocycles. The predicted octanol–water partition coefficient (Wildman–Crippen LogP) is 3.13. The Morgan fingerprint density at radius 2 is 2.09 bits per heavy atom. The van der Waals surface area contributed by atoms with Crippen LogP contribution in [0.2, 0.25) is 10.0 Å². The highest BCUT2D eigenvalue weighted by Gasteiger charge is 2.07. The van der Waals surface area contributed by atoms with Crippen molar-refractivity contribution in [3.8, 4) is 0 Å². The molecule has 1 aromatic carbocycles. The third-order valence-electron chi connectivity index (χ3n) is 2.61. The van der Waals surface area contributed by atoms with Crippen LogP contribution in [0.15, 0.2) is 24.3 Å². The van der Waals surface area contributed by atoms with Crippen LogP contribution < -0.4 is 5.32 Å². The van der Waals surface area contributed by atoms with Crippen molar-refractivity contribution < 1.29 is 14.8 Å². The van der Waals surface area contributed by atoms with Gasteiger partial charge in [0.1, 0.15) is 0 Å². The summed E-state index contributed by atoms with van der Waals surface area (Å²) in [5.74, 6) is -0.717. The number of halogens is 3. The summed E-state index contributed by atoms with van der Waals surface area (Å²) in [6, 6.07) is 4.89. The molecule has 5 nitrogen and oxygen atoms in total. The fraction of sp³-hybridized carbons (Fsp3) is 0.286. The van der Waals surface area contributed by atoms with E-state index < -0.39 is 5.91 Å². The largest absolute Gasteiger partial charge is 0.355 e. The Morgan fingerprint density at radius 1 is 1.36 bits per heavy atom. The first-order valence-corrected chi connectivity index (χ1v) is 8.28. The molecule has 2 N–H and O–H groups in total. The van der Waals surface area contributed by atoms with Crippen LogP contribution in [0.4, 0.5) is 0 Å². The Hall–Kier alpha value is -1.08. The molecule has 1 aromatic rings. The molecule has 0 aliphatic heterocycles. The summed E-state index contributed by atoms with van der Waals surface area (Å²) >= 11 is 14.8. The van der Waals surface area contributed by atoms with Gasteiger partial charge in [0.15, 0.2) is 0 Å². The Bertz CT molecular complexity index is 567. The average Bonchev–Trinajstić information content (AvgIpc) is 2.49. The quantitative estimate of drug-likeness (QED) is 0.239. The Balaban J connectivity index is 2.43. The monoisotopic (exact) mass is 408 g/mol. The van der Waals surface area contributed by atoms with Gasteiger partial charge in [-0.1, -0.05) is 45.2 Å². The smallest absolute Gasteiger partial charge is 0.269 e. The van der Waals surface area contributed by atoms with Crippen LogP contribution in [0.5, 0.6) is 0 Å². The van der Waals surface area contributed by atoms with E-state index in [1.807, 2.05) is 0 Å². The van der Waals surface area contributed by atoms with Crippen molar-refractivity contribution in [3.05, 3.63) is 39.9 Å². The number of nitrogens with one attached hydrogen (secondary N) is 1. The Labute approximate surface area is 147 Å². The standard InChI is InChI=1S/C14H15BrCl2N2O3/c15-9-13(20)18-6-1-7-19(22)14(21)5-3-10-2-4-11(16)8-12(10)17/h2-5,8,22H,1,6-7,9H2,(H,18,20)/b5-3+. The number of hydrogen-bond donors (Lipinski definition) is 2. The third kappa shape index (κ3) is 6.79. The van der Waals surface area contributed by atoms with E-state index >= 15 is 0 Å². The number of carbonyl (C=O) groups is 2. The lowest BCUT2D eigenvalue weighted by Gasteiger charge is -2.12. The van der Waals surface area contributed by atoms with Gasteiger partial charge in [0.25, 0.3) is 5.91 Å². The van der Waals surface area contributed by atoms with Crippen molar-refractivity contribution in [3.63, 3.8) is 0 Å². The molecule has 0 saturated carbocycles. The fourth-order valence-electron chi connectivity index (χ4n) is 1.50. The van der Waals surface area contributed by atoms with Crippen LogP contribution in [0.3, 0.4) is 0 Å². The van der Waals surface area contributed by atoms with E-state index in [1.165, 1.54) is 12.2 Å². The maximum absolute atomic E-state index is 11.7. The summed E-state index contributed by atoms with van der Waals surface area (Å²) in [7, 11) is 0. The second kappa shape index (κ2) is 9.84. The molecule has 22 heavy (non-hydrogen) atoms. The molecule has 0 unspecified atom stereocenters. The molecule has 0 aliphatic rings. The molecule has 0 aromatic heterocycles. The van der Waals surface area contributed by atoms with Gasteiger partial charge < -0.3 is 5.32 Å². The lowest BCUT2D eigenvalue weighted by Crippen LogP contribution is -2.31. The molecule has 0 saturated heterocycles. The van der Waals surface area contributed by atoms with Crippen LogP contribution in [0.25, 0.3) is 6.08 Å². The minimum atomic E-state index is -0.571. The molecule has 0 atom stereocenters. The Kier molecular flexibility index (Phi) is 8.48. The highest BCUT2D eigenvalue weighted by atomic mass is 79.9. The second-order valence-corrected chi connectivity index (χ2v) is 5.70. The van der Waals surface area contributed by atoms with Gasteiger partial charge in [-0.2, -0.15) is 0 Å². The molecule has 8 heteroatoms. The van der Waals surface area contributed by atoms with Crippen molar-refractivity contribution in [2.24, 2.45) is 0 Å². The summed E-state index contributed by atoms with van der Waals surface area (Å²) in [5, 5.41) is 13.9. The number of amides is 2. The molecule has 2 amide bonds. The van der Waals surface area contributed by atoms with Crippen molar-refractivity contribution >= 4 is 57.0 Å². The van der Waals surface area contributed by atoms with E-state index in [9.17, 15) is 14.8 Å². The number of alkyl halides is 1. The molecular formula is C14H15BrCl2N2O3. The van der Waals surface area contributed by atoms with E-state index in [0.717, 1.165) is 0 Å². The van der Waals surface area contributed by atoms with Gasteiger partial charge in [-0.3, -0.25) is 14.8 Å². The second-order valence-electron chi connectivity index (χ2n) is 4.30. The van der Waals surface area contributed by atoms with Crippen molar-refractivity contribution in [1.82, 2.24) is 10.4 Å². The lowest BCUT2D eigenvalue weighted by atomic mass is 10.2. The lowest BCUT2D eigenvalue weighted by molar-refractivity contribution is -0.159. The maximum Gasteiger partial charge on any atom is 0.269 e. The topological polar surface area (TPSA) is 69.6 Å². The van der Waals surface area contributed by atoms with Gasteiger partial charge in [-0.05, 0) is 30.2 Å². The van der Waals surface area contributed by atoms with Crippen LogP contribution in [-0.2, 0) is 9.59 Å². The van der Waals surface area contributed by atoms with E-state index in [-0.39, 0.29) is 17.8 Å². The van der Waals surface area contributed by atoms with Crippen LogP contribution >= 0.6 is 39.1 Å². The zero-order chi connectivity index (χ0) is 16.5. The van der Waals surface area contributed by atoms with Crippen LogP contribution in [0.1, 0.15) is 12.0 Å². The molecule has 1 rings (SSSR count). The van der Waals surface area contributed by atoms with Crippen molar-refractivity contribution in [1.29, 1.82) is 0 Å². The highest BCUT2D eigenvalue weighted by Crippen LogP contribution is 2.21. The van der Waals surface area contributed by atoms with E-state index in [1.54, 1.807) is 18.2 Å². The molecule has 0 bridgehead atoms. The van der Waals surface area contributed by atoms with Crippen LogP contribution in [-0.4, -0.2) is 40.5 Å². The number of hydroxylamine groups is 2.